The number of H-pyrrole nitrogens is 1. The lowest BCUT2D eigenvalue weighted by molar-refractivity contribution is -0.115. The van der Waals surface area contributed by atoms with Crippen molar-refractivity contribution in [1.82, 2.24) is 25.2 Å². The second-order valence-corrected chi connectivity index (χ2v) is 7.59. The van der Waals surface area contributed by atoms with Crippen LogP contribution in [0.25, 0.3) is 27.7 Å². The molecule has 1 amide bonds. The number of carbonyl (C=O) groups is 1. The molecular formula is C25H29N7O. The van der Waals surface area contributed by atoms with E-state index in [0.717, 1.165) is 39.1 Å². The summed E-state index contributed by atoms with van der Waals surface area (Å²) in [6.45, 7) is 6.19. The van der Waals surface area contributed by atoms with E-state index in [-0.39, 0.29) is 5.91 Å². The van der Waals surface area contributed by atoms with Gasteiger partial charge in [0.1, 0.15) is 17.3 Å². The number of pyridine rings is 2. The summed E-state index contributed by atoms with van der Waals surface area (Å²) in [6, 6.07) is 6.02. The Hall–Kier alpha value is -4.04. The van der Waals surface area contributed by atoms with Crippen molar-refractivity contribution in [3.63, 3.8) is 0 Å². The van der Waals surface area contributed by atoms with Gasteiger partial charge in [-0.25, -0.2) is 15.0 Å². The van der Waals surface area contributed by atoms with Crippen LogP contribution in [0.5, 0.6) is 0 Å². The van der Waals surface area contributed by atoms with Gasteiger partial charge in [-0.05, 0) is 63.1 Å². The minimum absolute atomic E-state index is 0.259. The Morgan fingerprint density at radius 3 is 2.82 bits per heavy atom. The van der Waals surface area contributed by atoms with E-state index in [4.69, 9.17) is 0 Å². The maximum Gasteiger partial charge on any atom is 0.249 e. The number of likely N-dealkylation sites (N-methyl/N-ethyl adjacent to an activating group) is 1. The van der Waals surface area contributed by atoms with Crippen molar-refractivity contribution in [2.75, 3.05) is 33.0 Å². The molecule has 8 heteroatoms. The van der Waals surface area contributed by atoms with Gasteiger partial charge in [0, 0.05) is 54.8 Å². The van der Waals surface area contributed by atoms with E-state index < -0.39 is 0 Å². The van der Waals surface area contributed by atoms with E-state index in [9.17, 15) is 4.79 Å². The fraction of sp³-hybridized carbons (Fsp3) is 0.200. The zero-order valence-corrected chi connectivity index (χ0v) is 19.4. The molecule has 170 valence electrons. The molecule has 8 nitrogen and oxygen atoms in total. The molecule has 0 unspecified atom stereocenters. The summed E-state index contributed by atoms with van der Waals surface area (Å²) in [5.74, 6) is 0.898. The summed E-state index contributed by atoms with van der Waals surface area (Å²) in [6.07, 6.45) is 12.5. The first-order valence-electron chi connectivity index (χ1n) is 10.5. The maximum atomic E-state index is 12.2. The molecule has 0 spiro atoms. The number of aromatic amines is 1. The normalized spacial score (nSPS) is 12.5. The van der Waals surface area contributed by atoms with Crippen LogP contribution in [0.1, 0.15) is 12.5 Å². The fourth-order valence-corrected chi connectivity index (χ4v) is 3.28. The molecule has 0 saturated carbocycles. The molecule has 3 heterocycles. The lowest BCUT2D eigenvalue weighted by Gasteiger charge is -2.08. The number of fused-ring (bicyclic) bond motifs is 1. The summed E-state index contributed by atoms with van der Waals surface area (Å²) in [5.41, 5.74) is 4.60. The van der Waals surface area contributed by atoms with E-state index in [2.05, 4.69) is 43.4 Å². The number of nitrogens with one attached hydrogen (secondary N) is 3. The number of rotatable bonds is 9. The third-order valence-electron chi connectivity index (χ3n) is 4.96. The van der Waals surface area contributed by atoms with E-state index in [1.54, 1.807) is 24.5 Å². The average molecular weight is 444 g/mol. The molecule has 3 rings (SSSR count). The van der Waals surface area contributed by atoms with Gasteiger partial charge < -0.3 is 20.5 Å². The van der Waals surface area contributed by atoms with Crippen LogP contribution >= 0.6 is 0 Å². The molecule has 33 heavy (non-hydrogen) atoms. The van der Waals surface area contributed by atoms with Gasteiger partial charge in [0.25, 0.3) is 0 Å². The molecule has 3 N–H and O–H groups in total. The second-order valence-electron chi connectivity index (χ2n) is 7.59. The van der Waals surface area contributed by atoms with Crippen molar-refractivity contribution in [1.29, 1.82) is 0 Å². The number of amides is 1. The van der Waals surface area contributed by atoms with Gasteiger partial charge in [-0.15, -0.1) is 0 Å². The standard InChI is InChI=1S/C25H29N7O/c1-6-17(13-23(27-3)31-24(33)8-7-11-32(4)5)19-12-20-21(16-30-25(20)29-15-19)18-9-10-28-22(14-18)26-2/h6-10,12-16H,3,11H2,1-2,4-5H3,(H,26,28)(H,29,30)(H,31,33)/b8-7+,17-6+,23-13+. The molecule has 0 aliphatic rings. The molecule has 0 bridgehead atoms. The largest absolute Gasteiger partial charge is 0.373 e. The van der Waals surface area contributed by atoms with Gasteiger partial charge in [0.2, 0.25) is 5.91 Å². The van der Waals surface area contributed by atoms with E-state index >= 15 is 0 Å². The summed E-state index contributed by atoms with van der Waals surface area (Å²) < 4.78 is 0. The van der Waals surface area contributed by atoms with Crippen LogP contribution in [0.15, 0.2) is 71.9 Å². The number of hydrogen-bond donors (Lipinski definition) is 3. The van der Waals surface area contributed by atoms with Gasteiger partial charge in [0.15, 0.2) is 0 Å². The zero-order valence-electron chi connectivity index (χ0n) is 19.4. The van der Waals surface area contributed by atoms with Crippen LogP contribution in [0.2, 0.25) is 0 Å². The summed E-state index contributed by atoms with van der Waals surface area (Å²) >= 11 is 0. The number of aromatic nitrogens is 3. The molecule has 0 aliphatic carbocycles. The molecule has 0 saturated heterocycles. The van der Waals surface area contributed by atoms with Crippen molar-refractivity contribution in [3.05, 3.63) is 72.5 Å². The van der Waals surface area contributed by atoms with Crippen molar-refractivity contribution in [2.24, 2.45) is 4.99 Å². The van der Waals surface area contributed by atoms with Gasteiger partial charge in [-0.2, -0.15) is 0 Å². The minimum Gasteiger partial charge on any atom is -0.373 e. The quantitative estimate of drug-likeness (QED) is 0.265. The number of aliphatic imine (C=N–C) groups is 1. The highest BCUT2D eigenvalue weighted by Gasteiger charge is 2.11. The van der Waals surface area contributed by atoms with Crippen LogP contribution in [-0.4, -0.2) is 60.2 Å². The Labute approximate surface area is 193 Å². The SMILES string of the molecule is C=N/C(=C\C(=C/C)c1cnc2[nH]cc(-c3ccnc(NC)c3)c2c1)NC(=O)/C=C/CN(C)C. The maximum absolute atomic E-state index is 12.2. The topological polar surface area (TPSA) is 98.3 Å². The number of nitrogens with zero attached hydrogens (tertiary/aromatic N) is 4. The monoisotopic (exact) mass is 443 g/mol. The van der Waals surface area contributed by atoms with Crippen LogP contribution in [-0.2, 0) is 4.79 Å². The van der Waals surface area contributed by atoms with Crippen LogP contribution in [0, 0.1) is 0 Å². The zero-order chi connectivity index (χ0) is 23.8. The highest BCUT2D eigenvalue weighted by Crippen LogP contribution is 2.31. The first kappa shape index (κ1) is 23.6. The van der Waals surface area contributed by atoms with Gasteiger partial charge >= 0.3 is 0 Å². The molecule has 0 aromatic carbocycles. The Balaban J connectivity index is 1.90. The van der Waals surface area contributed by atoms with Crippen molar-refractivity contribution in [2.45, 2.75) is 6.92 Å². The summed E-state index contributed by atoms with van der Waals surface area (Å²) in [7, 11) is 5.71. The van der Waals surface area contributed by atoms with Crippen molar-refractivity contribution < 1.29 is 4.79 Å². The van der Waals surface area contributed by atoms with Gasteiger partial charge in [0.05, 0.1) is 0 Å². The molecular weight excluding hydrogens is 414 g/mol. The predicted octanol–water partition coefficient (Wildman–Crippen LogP) is 3.85. The van der Waals surface area contributed by atoms with Crippen molar-refractivity contribution in [3.8, 4) is 11.1 Å². The lowest BCUT2D eigenvalue weighted by Crippen LogP contribution is -2.20. The van der Waals surface area contributed by atoms with E-state index in [0.29, 0.717) is 12.4 Å². The average Bonchev–Trinajstić information content (AvgIpc) is 3.24. The Morgan fingerprint density at radius 1 is 1.30 bits per heavy atom. The smallest absolute Gasteiger partial charge is 0.249 e. The highest BCUT2D eigenvalue weighted by atomic mass is 16.1. The molecule has 0 fully saturated rings. The molecule has 3 aromatic rings. The predicted molar refractivity (Wildman–Crippen MR) is 136 cm³/mol. The Morgan fingerprint density at radius 2 is 2.12 bits per heavy atom. The fourth-order valence-electron chi connectivity index (χ4n) is 3.28. The number of carbonyl (C=O) groups excluding carboxylic acids is 1. The number of allylic oxidation sites excluding steroid dienone is 3. The van der Waals surface area contributed by atoms with Gasteiger partial charge in [-0.1, -0.05) is 12.2 Å². The first-order valence-corrected chi connectivity index (χ1v) is 10.5. The summed E-state index contributed by atoms with van der Waals surface area (Å²) in [4.78, 5) is 30.2. The third kappa shape index (κ3) is 6.02. The lowest BCUT2D eigenvalue weighted by atomic mass is 10.0. The van der Waals surface area contributed by atoms with E-state index in [1.165, 1.54) is 6.08 Å². The number of anilines is 1. The molecule has 0 atom stereocenters. The number of hydrogen-bond acceptors (Lipinski definition) is 6. The Kier molecular flexibility index (Phi) is 7.88. The third-order valence-corrected chi connectivity index (χ3v) is 4.96. The highest BCUT2D eigenvalue weighted by molar-refractivity contribution is 5.96. The first-order chi connectivity index (χ1) is 15.9. The van der Waals surface area contributed by atoms with Crippen LogP contribution in [0.3, 0.4) is 0 Å². The minimum atomic E-state index is -0.259. The van der Waals surface area contributed by atoms with Gasteiger partial charge in [-0.3, -0.25) is 4.79 Å². The van der Waals surface area contributed by atoms with E-state index in [1.807, 2.05) is 57.4 Å². The van der Waals surface area contributed by atoms with Crippen LogP contribution in [0.4, 0.5) is 5.82 Å². The second kappa shape index (κ2) is 11.0. The summed E-state index contributed by atoms with van der Waals surface area (Å²) in [5, 5.41) is 6.81. The molecule has 0 radical (unpaired) electrons. The van der Waals surface area contributed by atoms with Crippen molar-refractivity contribution >= 4 is 35.0 Å². The molecule has 3 aromatic heterocycles. The van der Waals surface area contributed by atoms with Crippen LogP contribution < -0.4 is 10.6 Å². The molecule has 0 aliphatic heterocycles. The Bertz CT molecular complexity index is 1230.